The van der Waals surface area contributed by atoms with Crippen LogP contribution in [-0.4, -0.2) is 22.1 Å². The average molecular weight is 492 g/mol. The van der Waals surface area contributed by atoms with Crippen LogP contribution in [0, 0.1) is 0 Å². The van der Waals surface area contributed by atoms with Crippen molar-refractivity contribution >= 4 is 5.97 Å². The minimum absolute atomic E-state index is 0.142. The van der Waals surface area contributed by atoms with Crippen molar-refractivity contribution < 1.29 is 22.7 Å². The summed E-state index contributed by atoms with van der Waals surface area (Å²) < 4.78 is 46.1. The van der Waals surface area contributed by atoms with Gasteiger partial charge in [-0.3, -0.25) is 4.79 Å². The van der Waals surface area contributed by atoms with Crippen LogP contribution in [0.1, 0.15) is 39.7 Å². The molecule has 0 radical (unpaired) electrons. The Balaban J connectivity index is 1.63. The molecule has 0 atom stereocenters. The molecule has 0 spiro atoms. The fourth-order valence-corrected chi connectivity index (χ4v) is 4.69. The summed E-state index contributed by atoms with van der Waals surface area (Å²) in [5.74, 6) is -0.524. The number of nitrogens with zero attached hydrogens (tertiary/aromatic N) is 1. The number of rotatable bonds is 5. The van der Waals surface area contributed by atoms with E-state index in [0.29, 0.717) is 41.1 Å². The molecule has 184 valence electrons. The molecule has 0 aliphatic heterocycles. The maximum atomic E-state index is 13.1. The fraction of sp³-hybridized carbons (Fsp3) is 0.214. The van der Waals surface area contributed by atoms with Gasteiger partial charge >= 0.3 is 12.1 Å². The van der Waals surface area contributed by atoms with Gasteiger partial charge < -0.3 is 14.3 Å². The highest BCUT2D eigenvalue weighted by Crippen LogP contribution is 2.36. The summed E-state index contributed by atoms with van der Waals surface area (Å²) in [5.41, 5.74) is 4.35. The number of hydrogen-bond acceptors (Lipinski definition) is 3. The van der Waals surface area contributed by atoms with E-state index in [4.69, 9.17) is 4.74 Å². The molecule has 36 heavy (non-hydrogen) atoms. The summed E-state index contributed by atoms with van der Waals surface area (Å²) in [6.45, 7) is 2.03. The third-order valence-electron chi connectivity index (χ3n) is 6.39. The predicted molar refractivity (Wildman–Crippen MR) is 130 cm³/mol. The first kappa shape index (κ1) is 23.7. The molecule has 5 nitrogen and oxygen atoms in total. The van der Waals surface area contributed by atoms with Gasteiger partial charge in [0, 0.05) is 12.1 Å². The number of aryl methyl sites for hydroxylation is 2. The van der Waals surface area contributed by atoms with Crippen molar-refractivity contribution in [3.8, 4) is 22.5 Å². The van der Waals surface area contributed by atoms with Crippen LogP contribution in [0.3, 0.4) is 0 Å². The number of H-pyrrole nitrogens is 1. The molecular weight excluding hydrogens is 469 g/mol. The summed E-state index contributed by atoms with van der Waals surface area (Å²) in [6.07, 6.45) is -3.11. The molecule has 4 aromatic rings. The van der Waals surface area contributed by atoms with Crippen LogP contribution in [0.5, 0.6) is 0 Å². The highest BCUT2D eigenvalue weighted by atomic mass is 19.4. The Morgan fingerprint density at radius 2 is 1.69 bits per heavy atom. The Morgan fingerprint density at radius 1 is 1.00 bits per heavy atom. The number of nitrogens with one attached hydrogen (secondary N) is 1. The maximum absolute atomic E-state index is 13.1. The molecule has 0 saturated carbocycles. The Labute approximate surface area is 205 Å². The number of carbonyl (C=O) groups excluding carboxylic acids is 1. The molecule has 2 aromatic heterocycles. The molecule has 2 heterocycles. The van der Waals surface area contributed by atoms with Gasteiger partial charge in [0.05, 0.1) is 23.6 Å². The number of esters is 1. The van der Waals surface area contributed by atoms with Gasteiger partial charge in [0.2, 0.25) is 0 Å². The van der Waals surface area contributed by atoms with E-state index in [1.807, 2.05) is 36.4 Å². The number of carbonyl (C=O) groups is 1. The van der Waals surface area contributed by atoms with E-state index in [1.54, 1.807) is 17.6 Å². The van der Waals surface area contributed by atoms with E-state index in [1.165, 1.54) is 12.1 Å². The molecule has 1 aliphatic rings. The highest BCUT2D eigenvalue weighted by Gasteiger charge is 2.31. The van der Waals surface area contributed by atoms with Crippen molar-refractivity contribution in [2.45, 2.75) is 32.5 Å². The smallest absolute Gasteiger partial charge is 0.416 e. The molecule has 0 bridgehead atoms. The number of hydrogen-bond donors (Lipinski definition) is 1. The summed E-state index contributed by atoms with van der Waals surface area (Å²) in [4.78, 5) is 28.9. The SMILES string of the molecule is CCOC(=O)c1cc2c(n1Cc1ccc(C(F)(F)F)cc1)-c1[nH]c(=O)c(-c3ccccc3)cc1CC2. The lowest BCUT2D eigenvalue weighted by Crippen LogP contribution is -2.19. The lowest BCUT2D eigenvalue weighted by atomic mass is 9.92. The first-order chi connectivity index (χ1) is 17.3. The Morgan fingerprint density at radius 3 is 2.36 bits per heavy atom. The Hall–Kier alpha value is -4.07. The molecule has 8 heteroatoms. The van der Waals surface area contributed by atoms with Gasteiger partial charge in [0.25, 0.3) is 5.56 Å². The largest absolute Gasteiger partial charge is 0.461 e. The normalized spacial score (nSPS) is 12.7. The summed E-state index contributed by atoms with van der Waals surface area (Å²) in [6, 6.07) is 17.8. The summed E-state index contributed by atoms with van der Waals surface area (Å²) in [7, 11) is 0. The third-order valence-corrected chi connectivity index (χ3v) is 6.39. The van der Waals surface area contributed by atoms with E-state index < -0.39 is 17.7 Å². The second-order valence-electron chi connectivity index (χ2n) is 8.68. The standard InChI is InChI=1S/C28H23F3N2O3/c1-2-36-27(35)23-15-20-11-10-19-14-22(18-6-4-3-5-7-18)26(34)32-24(19)25(20)33(23)16-17-8-12-21(13-9-17)28(29,30)31/h3-9,12-15H,2,10-11,16H2,1H3,(H,32,34). The lowest BCUT2D eigenvalue weighted by molar-refractivity contribution is -0.137. The molecule has 5 rings (SSSR count). The predicted octanol–water partition coefficient (Wildman–Crippen LogP) is 5.85. The molecule has 1 aliphatic carbocycles. The number of ether oxygens (including phenoxy) is 1. The van der Waals surface area contributed by atoms with Gasteiger partial charge in [0.1, 0.15) is 5.69 Å². The van der Waals surface area contributed by atoms with Crippen LogP contribution in [0.2, 0.25) is 0 Å². The molecule has 0 amide bonds. The van der Waals surface area contributed by atoms with E-state index in [9.17, 15) is 22.8 Å². The van der Waals surface area contributed by atoms with E-state index in [2.05, 4.69) is 4.98 Å². The number of aromatic nitrogens is 2. The van der Waals surface area contributed by atoms with Gasteiger partial charge in [-0.25, -0.2) is 4.79 Å². The van der Waals surface area contributed by atoms with Crippen molar-refractivity contribution in [2.24, 2.45) is 0 Å². The number of halogens is 3. The monoisotopic (exact) mass is 492 g/mol. The molecular formula is C28H23F3N2O3. The van der Waals surface area contributed by atoms with Crippen LogP contribution in [0.15, 0.2) is 71.5 Å². The minimum atomic E-state index is -4.43. The van der Waals surface area contributed by atoms with Crippen molar-refractivity contribution in [2.75, 3.05) is 6.61 Å². The van der Waals surface area contributed by atoms with Crippen molar-refractivity contribution in [3.63, 3.8) is 0 Å². The van der Waals surface area contributed by atoms with E-state index in [0.717, 1.165) is 28.8 Å². The number of benzene rings is 2. The highest BCUT2D eigenvalue weighted by molar-refractivity contribution is 5.90. The molecule has 0 unspecified atom stereocenters. The van der Waals surface area contributed by atoms with Gasteiger partial charge in [-0.15, -0.1) is 0 Å². The van der Waals surface area contributed by atoms with Crippen molar-refractivity contribution in [3.05, 3.63) is 105 Å². The van der Waals surface area contributed by atoms with Gasteiger partial charge in [-0.2, -0.15) is 13.2 Å². The maximum Gasteiger partial charge on any atom is 0.416 e. The van der Waals surface area contributed by atoms with Gasteiger partial charge in [0.15, 0.2) is 0 Å². The van der Waals surface area contributed by atoms with Crippen LogP contribution >= 0.6 is 0 Å². The van der Waals surface area contributed by atoms with E-state index in [-0.39, 0.29) is 18.7 Å². The minimum Gasteiger partial charge on any atom is -0.461 e. The van der Waals surface area contributed by atoms with Crippen LogP contribution in [0.4, 0.5) is 13.2 Å². The zero-order chi connectivity index (χ0) is 25.4. The first-order valence-electron chi connectivity index (χ1n) is 11.6. The number of aromatic amines is 1. The average Bonchev–Trinajstić information content (AvgIpc) is 3.23. The number of pyridine rings is 1. The Bertz CT molecular complexity index is 1480. The second kappa shape index (κ2) is 9.18. The zero-order valence-electron chi connectivity index (χ0n) is 19.5. The van der Waals surface area contributed by atoms with Crippen molar-refractivity contribution in [1.82, 2.24) is 9.55 Å². The van der Waals surface area contributed by atoms with Gasteiger partial charge in [-0.1, -0.05) is 42.5 Å². The number of alkyl halides is 3. The first-order valence-corrected chi connectivity index (χ1v) is 11.6. The summed E-state index contributed by atoms with van der Waals surface area (Å²) >= 11 is 0. The summed E-state index contributed by atoms with van der Waals surface area (Å²) in [5, 5.41) is 0. The molecule has 0 saturated heterocycles. The van der Waals surface area contributed by atoms with Crippen LogP contribution in [0.25, 0.3) is 22.5 Å². The number of fused-ring (bicyclic) bond motifs is 3. The molecule has 0 fully saturated rings. The molecule has 2 aromatic carbocycles. The third kappa shape index (κ3) is 4.34. The fourth-order valence-electron chi connectivity index (χ4n) is 4.69. The Kier molecular flexibility index (Phi) is 6.04. The second-order valence-corrected chi connectivity index (χ2v) is 8.68. The van der Waals surface area contributed by atoms with Crippen LogP contribution in [-0.2, 0) is 30.3 Å². The van der Waals surface area contributed by atoms with Crippen LogP contribution < -0.4 is 5.56 Å². The quantitative estimate of drug-likeness (QED) is 0.356. The zero-order valence-corrected chi connectivity index (χ0v) is 19.5. The van der Waals surface area contributed by atoms with Crippen molar-refractivity contribution in [1.29, 1.82) is 0 Å². The molecule has 1 N–H and O–H groups in total. The lowest BCUT2D eigenvalue weighted by Gasteiger charge is -2.21. The topological polar surface area (TPSA) is 64.1 Å². The van der Waals surface area contributed by atoms with Gasteiger partial charge in [-0.05, 0) is 66.3 Å². The van der Waals surface area contributed by atoms with E-state index >= 15 is 0 Å².